The van der Waals surface area contributed by atoms with Gasteiger partial charge in [0.15, 0.2) is 0 Å². The summed E-state index contributed by atoms with van der Waals surface area (Å²) >= 11 is 0. The number of hydrogen-bond donors (Lipinski definition) is 0. The lowest BCUT2D eigenvalue weighted by molar-refractivity contribution is -0.130. The second kappa shape index (κ2) is 7.68. The molecule has 128 valence electrons. The van der Waals surface area contributed by atoms with E-state index >= 15 is 0 Å². The van der Waals surface area contributed by atoms with Crippen molar-refractivity contribution in [3.63, 3.8) is 0 Å². The molecule has 2 rings (SSSR count). The van der Waals surface area contributed by atoms with E-state index in [2.05, 4.69) is 4.90 Å². The van der Waals surface area contributed by atoms with Crippen molar-refractivity contribution in [1.82, 2.24) is 4.90 Å². The molecule has 0 atom stereocenters. The largest absolute Gasteiger partial charge is 0.497 e. The van der Waals surface area contributed by atoms with Gasteiger partial charge in [0.2, 0.25) is 5.91 Å². The third kappa shape index (κ3) is 5.42. The predicted octanol–water partition coefficient (Wildman–Crippen LogP) is 1.17. The average Bonchev–Trinajstić information content (AvgIpc) is 2.78. The van der Waals surface area contributed by atoms with Gasteiger partial charge in [-0.2, -0.15) is 0 Å². The van der Waals surface area contributed by atoms with E-state index < -0.39 is 9.84 Å². The number of amides is 1. The second-order valence-corrected chi connectivity index (χ2v) is 8.06. The maximum absolute atomic E-state index is 12.2. The monoisotopic (exact) mass is 340 g/mol. The minimum Gasteiger partial charge on any atom is -0.497 e. The number of methoxy groups -OCH3 is 1. The van der Waals surface area contributed by atoms with E-state index in [1.807, 2.05) is 24.3 Å². The Balaban J connectivity index is 1.92. The molecule has 23 heavy (non-hydrogen) atoms. The van der Waals surface area contributed by atoms with Crippen LogP contribution in [0.15, 0.2) is 24.3 Å². The van der Waals surface area contributed by atoms with Gasteiger partial charge in [0.25, 0.3) is 0 Å². The molecule has 1 heterocycles. The topological polar surface area (TPSA) is 66.9 Å². The molecule has 6 nitrogen and oxygen atoms in total. The normalized spacial score (nSPS) is 16.1. The quantitative estimate of drug-likeness (QED) is 0.805. The second-order valence-electron chi connectivity index (χ2n) is 5.80. The molecular formula is C16H24N2O4S. The molecule has 0 aliphatic carbocycles. The number of ether oxygens (including phenoxy) is 1. The molecule has 0 spiro atoms. The van der Waals surface area contributed by atoms with Gasteiger partial charge in [0.05, 0.1) is 12.9 Å². The number of benzene rings is 1. The summed E-state index contributed by atoms with van der Waals surface area (Å²) in [5.74, 6) is 0.665. The number of carbonyl (C=O) groups excluding carboxylic acids is 1. The van der Waals surface area contributed by atoms with Gasteiger partial charge in [-0.25, -0.2) is 8.42 Å². The SMILES string of the molecule is COc1ccc(N2CCCN(C(=O)CCS(C)(=O)=O)CC2)cc1. The van der Waals surface area contributed by atoms with Crippen LogP contribution in [0.3, 0.4) is 0 Å². The first-order chi connectivity index (χ1) is 10.9. The predicted molar refractivity (Wildman–Crippen MR) is 90.7 cm³/mol. The molecule has 0 aromatic heterocycles. The smallest absolute Gasteiger partial charge is 0.223 e. The van der Waals surface area contributed by atoms with Gasteiger partial charge < -0.3 is 14.5 Å². The van der Waals surface area contributed by atoms with Crippen molar-refractivity contribution in [2.45, 2.75) is 12.8 Å². The first kappa shape index (κ1) is 17.6. The highest BCUT2D eigenvalue weighted by molar-refractivity contribution is 7.90. The fraction of sp³-hybridized carbons (Fsp3) is 0.562. The van der Waals surface area contributed by atoms with Gasteiger partial charge in [0, 0.05) is 44.5 Å². The zero-order chi connectivity index (χ0) is 16.9. The van der Waals surface area contributed by atoms with Crippen LogP contribution in [0.1, 0.15) is 12.8 Å². The van der Waals surface area contributed by atoms with Crippen LogP contribution in [0.4, 0.5) is 5.69 Å². The third-order valence-electron chi connectivity index (χ3n) is 3.97. The highest BCUT2D eigenvalue weighted by Crippen LogP contribution is 2.20. The Morgan fingerprint density at radius 3 is 2.43 bits per heavy atom. The van der Waals surface area contributed by atoms with Crippen LogP contribution in [0.2, 0.25) is 0 Å². The summed E-state index contributed by atoms with van der Waals surface area (Å²) in [4.78, 5) is 16.2. The van der Waals surface area contributed by atoms with E-state index in [0.717, 1.165) is 37.2 Å². The molecule has 1 aliphatic rings. The molecule has 1 aromatic carbocycles. The molecule has 1 fully saturated rings. The molecule has 7 heteroatoms. The van der Waals surface area contributed by atoms with E-state index in [9.17, 15) is 13.2 Å². The molecule has 1 saturated heterocycles. The number of carbonyl (C=O) groups is 1. The van der Waals surface area contributed by atoms with Crippen molar-refractivity contribution in [3.05, 3.63) is 24.3 Å². The first-order valence-electron chi connectivity index (χ1n) is 7.73. The highest BCUT2D eigenvalue weighted by Gasteiger charge is 2.20. The maximum Gasteiger partial charge on any atom is 0.223 e. The van der Waals surface area contributed by atoms with Gasteiger partial charge in [0.1, 0.15) is 15.6 Å². The Hall–Kier alpha value is -1.76. The summed E-state index contributed by atoms with van der Waals surface area (Å²) in [6, 6.07) is 7.88. The summed E-state index contributed by atoms with van der Waals surface area (Å²) in [6.45, 7) is 2.92. The fourth-order valence-electron chi connectivity index (χ4n) is 2.65. The van der Waals surface area contributed by atoms with Crippen LogP contribution >= 0.6 is 0 Å². The van der Waals surface area contributed by atoms with Crippen LogP contribution in [-0.4, -0.2) is 64.5 Å². The van der Waals surface area contributed by atoms with Gasteiger partial charge in [-0.3, -0.25) is 4.79 Å². The Morgan fingerprint density at radius 1 is 1.13 bits per heavy atom. The summed E-state index contributed by atoms with van der Waals surface area (Å²) in [6.07, 6.45) is 2.10. The summed E-state index contributed by atoms with van der Waals surface area (Å²) in [7, 11) is -1.46. The van der Waals surface area contributed by atoms with E-state index in [4.69, 9.17) is 4.74 Å². The first-order valence-corrected chi connectivity index (χ1v) is 9.79. The van der Waals surface area contributed by atoms with Crippen LogP contribution in [0.25, 0.3) is 0 Å². The molecule has 0 bridgehead atoms. The molecule has 0 unspecified atom stereocenters. The molecule has 1 aromatic rings. The van der Waals surface area contributed by atoms with E-state index in [1.54, 1.807) is 12.0 Å². The molecule has 1 aliphatic heterocycles. The number of anilines is 1. The molecule has 0 radical (unpaired) electrons. The summed E-state index contributed by atoms with van der Waals surface area (Å²) in [5.41, 5.74) is 1.11. The lowest BCUT2D eigenvalue weighted by atomic mass is 10.2. The number of hydrogen-bond acceptors (Lipinski definition) is 5. The van der Waals surface area contributed by atoms with Gasteiger partial charge >= 0.3 is 0 Å². The summed E-state index contributed by atoms with van der Waals surface area (Å²) in [5, 5.41) is 0. The van der Waals surface area contributed by atoms with Crippen molar-refractivity contribution >= 4 is 21.4 Å². The van der Waals surface area contributed by atoms with Crippen molar-refractivity contribution in [1.29, 1.82) is 0 Å². The van der Waals surface area contributed by atoms with Gasteiger partial charge in [-0.1, -0.05) is 0 Å². The molecule has 0 saturated carbocycles. The maximum atomic E-state index is 12.2. The standard InChI is InChI=1S/C16H24N2O4S/c1-22-15-6-4-14(5-7-15)17-9-3-10-18(12-11-17)16(19)8-13-23(2,20)21/h4-7H,3,8-13H2,1-2H3. The summed E-state index contributed by atoms with van der Waals surface area (Å²) < 4.78 is 27.5. The van der Waals surface area contributed by atoms with Gasteiger partial charge in [-0.05, 0) is 30.7 Å². The van der Waals surface area contributed by atoms with Crippen LogP contribution in [0.5, 0.6) is 5.75 Å². The zero-order valence-electron chi connectivity index (χ0n) is 13.7. The van der Waals surface area contributed by atoms with Crippen molar-refractivity contribution in [2.75, 3.05) is 50.2 Å². The van der Waals surface area contributed by atoms with E-state index in [0.29, 0.717) is 13.1 Å². The average molecular weight is 340 g/mol. The Bertz CT molecular complexity index is 628. The van der Waals surface area contributed by atoms with Crippen LogP contribution in [-0.2, 0) is 14.6 Å². The van der Waals surface area contributed by atoms with E-state index in [-0.39, 0.29) is 18.1 Å². The number of nitrogens with zero attached hydrogens (tertiary/aromatic N) is 2. The Morgan fingerprint density at radius 2 is 1.83 bits per heavy atom. The van der Waals surface area contributed by atoms with Crippen molar-refractivity contribution in [2.24, 2.45) is 0 Å². The minimum atomic E-state index is -3.10. The van der Waals surface area contributed by atoms with Crippen molar-refractivity contribution < 1.29 is 17.9 Å². The minimum absolute atomic E-state index is 0.0708. The van der Waals surface area contributed by atoms with Crippen molar-refractivity contribution in [3.8, 4) is 5.75 Å². The molecular weight excluding hydrogens is 316 g/mol. The van der Waals surface area contributed by atoms with Crippen LogP contribution in [0, 0.1) is 0 Å². The highest BCUT2D eigenvalue weighted by atomic mass is 32.2. The lowest BCUT2D eigenvalue weighted by Crippen LogP contribution is -2.36. The lowest BCUT2D eigenvalue weighted by Gasteiger charge is -2.24. The van der Waals surface area contributed by atoms with E-state index in [1.165, 1.54) is 0 Å². The molecule has 0 N–H and O–H groups in total. The van der Waals surface area contributed by atoms with Crippen LogP contribution < -0.4 is 9.64 Å². The third-order valence-corrected chi connectivity index (χ3v) is 4.92. The zero-order valence-corrected chi connectivity index (χ0v) is 14.5. The molecule has 1 amide bonds. The fourth-order valence-corrected chi connectivity index (χ4v) is 3.19. The number of rotatable bonds is 5. The Labute approximate surface area is 137 Å². The Kier molecular flexibility index (Phi) is 5.87. The van der Waals surface area contributed by atoms with Gasteiger partial charge in [-0.15, -0.1) is 0 Å². The number of sulfone groups is 1.